The summed E-state index contributed by atoms with van der Waals surface area (Å²) in [6, 6.07) is 5.21. The van der Waals surface area contributed by atoms with Gasteiger partial charge in [0.05, 0.1) is 24.8 Å². The zero-order chi connectivity index (χ0) is 23.0. The minimum atomic E-state index is -1.06. The molecule has 7 nitrogen and oxygen atoms in total. The predicted octanol–water partition coefficient (Wildman–Crippen LogP) is 4.58. The molecule has 2 aromatic rings. The van der Waals surface area contributed by atoms with Gasteiger partial charge in [0.1, 0.15) is 5.01 Å². The molecule has 31 heavy (non-hydrogen) atoms. The number of ether oxygens (including phenoxy) is 3. The molecular formula is C22H23ClN2O5S. The fourth-order valence-corrected chi connectivity index (χ4v) is 3.57. The Morgan fingerprint density at radius 1 is 1.35 bits per heavy atom. The average molecular weight is 463 g/mol. The van der Waals surface area contributed by atoms with Crippen LogP contribution in [0.15, 0.2) is 23.6 Å². The second-order valence-corrected chi connectivity index (χ2v) is 8.33. The fraction of sp³-hybridized carbons (Fsp3) is 0.364. The fourth-order valence-electron chi connectivity index (χ4n) is 2.43. The first kappa shape index (κ1) is 24.4. The first-order valence-electron chi connectivity index (χ1n) is 9.44. The molecule has 1 unspecified atom stereocenters. The van der Waals surface area contributed by atoms with Crippen LogP contribution < -0.4 is 9.47 Å². The van der Waals surface area contributed by atoms with Crippen molar-refractivity contribution < 1.29 is 23.8 Å². The van der Waals surface area contributed by atoms with Crippen molar-refractivity contribution in [3.63, 3.8) is 0 Å². The molecule has 0 spiro atoms. The third-order valence-electron chi connectivity index (χ3n) is 3.92. The lowest BCUT2D eigenvalue weighted by Crippen LogP contribution is -2.19. The number of rotatable bonds is 10. The zero-order valence-electron chi connectivity index (χ0n) is 17.7. The van der Waals surface area contributed by atoms with Gasteiger partial charge in [0, 0.05) is 17.2 Å². The van der Waals surface area contributed by atoms with Crippen LogP contribution in [-0.2, 0) is 14.3 Å². The number of hydrogen-bond acceptors (Lipinski definition) is 8. The zero-order valence-corrected chi connectivity index (χ0v) is 19.2. The van der Waals surface area contributed by atoms with Crippen LogP contribution in [0.1, 0.15) is 36.0 Å². The van der Waals surface area contributed by atoms with Crippen molar-refractivity contribution in [3.05, 3.63) is 44.9 Å². The van der Waals surface area contributed by atoms with Crippen molar-refractivity contribution in [1.82, 2.24) is 4.98 Å². The molecule has 0 saturated heterocycles. The molecule has 0 N–H and O–H groups in total. The molecule has 1 atom stereocenters. The van der Waals surface area contributed by atoms with Crippen LogP contribution in [-0.4, -0.2) is 37.1 Å². The van der Waals surface area contributed by atoms with Crippen molar-refractivity contribution in [3.8, 4) is 17.6 Å². The van der Waals surface area contributed by atoms with Gasteiger partial charge in [-0.1, -0.05) is 25.4 Å². The van der Waals surface area contributed by atoms with Crippen molar-refractivity contribution >= 4 is 40.8 Å². The number of hydrogen-bond donors (Lipinski definition) is 0. The largest absolute Gasteiger partial charge is 0.493 e. The normalized spacial score (nSPS) is 11.9. The Kier molecular flexibility index (Phi) is 9.03. The molecule has 0 radical (unpaired) electrons. The quantitative estimate of drug-likeness (QED) is 0.376. The van der Waals surface area contributed by atoms with Crippen LogP contribution in [0.4, 0.5) is 0 Å². The number of nitriles is 1. The van der Waals surface area contributed by atoms with Gasteiger partial charge in [-0.3, -0.25) is 4.79 Å². The number of aryl methyl sites for hydroxylation is 1. The summed E-state index contributed by atoms with van der Waals surface area (Å²) in [5.74, 6) is -1.13. The van der Waals surface area contributed by atoms with Gasteiger partial charge in [-0.15, -0.1) is 11.3 Å². The molecule has 9 heteroatoms. The Morgan fingerprint density at radius 2 is 2.10 bits per heavy atom. The maximum atomic E-state index is 12.2. The predicted molar refractivity (Wildman–Crippen MR) is 119 cm³/mol. The lowest BCUT2D eigenvalue weighted by atomic mass is 10.1. The summed E-state index contributed by atoms with van der Waals surface area (Å²) in [6.07, 6.45) is 2.65. The van der Waals surface area contributed by atoms with Gasteiger partial charge < -0.3 is 14.2 Å². The number of methoxy groups -OCH3 is 1. The van der Waals surface area contributed by atoms with Crippen LogP contribution in [0.5, 0.6) is 11.5 Å². The van der Waals surface area contributed by atoms with Gasteiger partial charge in [0.15, 0.2) is 29.8 Å². The molecule has 0 amide bonds. The average Bonchev–Trinajstić information content (AvgIpc) is 3.15. The van der Waals surface area contributed by atoms with Gasteiger partial charge in [0.2, 0.25) is 0 Å². The number of thiazole rings is 1. The number of aromatic nitrogens is 1. The Morgan fingerprint density at radius 3 is 2.68 bits per heavy atom. The Hall–Kier alpha value is -2.89. The van der Waals surface area contributed by atoms with Crippen LogP contribution >= 0.6 is 22.9 Å². The van der Waals surface area contributed by atoms with Crippen molar-refractivity contribution in [2.24, 2.45) is 5.92 Å². The second-order valence-electron chi connectivity index (χ2n) is 7.04. The van der Waals surface area contributed by atoms with E-state index in [1.165, 1.54) is 30.6 Å². The summed E-state index contributed by atoms with van der Waals surface area (Å²) < 4.78 is 16.0. The standard InChI is InChI=1S/C22H23ClN2O5S/c1-13(2)10-30-21-17(23)7-15(8-19(21)28-4)5-6-20(27)29-11-18(26)16(9-24)22-25-14(3)12-31-22/h5-8,12-13,16H,10-11H2,1-4H3. The minimum absolute atomic E-state index is 0.318. The number of benzene rings is 1. The number of esters is 1. The summed E-state index contributed by atoms with van der Waals surface area (Å²) in [5, 5.41) is 11.7. The maximum Gasteiger partial charge on any atom is 0.331 e. The lowest BCUT2D eigenvalue weighted by Gasteiger charge is -2.14. The third-order valence-corrected chi connectivity index (χ3v) is 5.22. The molecule has 0 fully saturated rings. The molecule has 0 aliphatic heterocycles. The Balaban J connectivity index is 2.00. The first-order chi connectivity index (χ1) is 14.7. The molecule has 2 rings (SSSR count). The molecule has 1 heterocycles. The summed E-state index contributed by atoms with van der Waals surface area (Å²) in [5.41, 5.74) is 1.32. The molecule has 0 saturated carbocycles. The number of carbonyl (C=O) groups excluding carboxylic acids is 2. The van der Waals surface area contributed by atoms with Crippen LogP contribution in [0, 0.1) is 24.2 Å². The maximum absolute atomic E-state index is 12.2. The first-order valence-corrected chi connectivity index (χ1v) is 10.7. The van der Waals surface area contributed by atoms with Crippen LogP contribution in [0.25, 0.3) is 6.08 Å². The van der Waals surface area contributed by atoms with Crippen molar-refractivity contribution in [2.75, 3.05) is 20.3 Å². The molecular weight excluding hydrogens is 440 g/mol. The highest BCUT2D eigenvalue weighted by Gasteiger charge is 2.24. The van der Waals surface area contributed by atoms with E-state index in [4.69, 9.17) is 25.8 Å². The summed E-state index contributed by atoms with van der Waals surface area (Å²) in [6.45, 7) is 5.77. The molecule has 1 aromatic carbocycles. The highest BCUT2D eigenvalue weighted by atomic mass is 35.5. The van der Waals surface area contributed by atoms with E-state index in [1.54, 1.807) is 24.4 Å². The lowest BCUT2D eigenvalue weighted by molar-refractivity contribution is -0.143. The van der Waals surface area contributed by atoms with E-state index in [0.717, 1.165) is 5.69 Å². The molecule has 0 bridgehead atoms. The van der Waals surface area contributed by atoms with Crippen molar-refractivity contribution in [1.29, 1.82) is 5.26 Å². The van der Waals surface area contributed by atoms with Gasteiger partial charge in [-0.25, -0.2) is 9.78 Å². The van der Waals surface area contributed by atoms with E-state index in [1.807, 2.05) is 19.9 Å². The van der Waals surface area contributed by atoms with E-state index in [9.17, 15) is 14.9 Å². The van der Waals surface area contributed by atoms with Gasteiger partial charge in [-0.05, 0) is 36.6 Å². The third kappa shape index (κ3) is 7.09. The molecule has 164 valence electrons. The highest BCUT2D eigenvalue weighted by molar-refractivity contribution is 7.09. The van der Waals surface area contributed by atoms with Gasteiger partial charge in [-0.2, -0.15) is 5.26 Å². The number of halogens is 1. The number of Topliss-reactive ketones (excluding diaryl/α,β-unsaturated/α-hetero) is 1. The monoisotopic (exact) mass is 462 g/mol. The summed E-state index contributed by atoms with van der Waals surface area (Å²) in [4.78, 5) is 28.4. The molecule has 0 aliphatic carbocycles. The Labute approximate surface area is 190 Å². The van der Waals surface area contributed by atoms with E-state index >= 15 is 0 Å². The molecule has 0 aliphatic rings. The van der Waals surface area contributed by atoms with Gasteiger partial charge >= 0.3 is 5.97 Å². The smallest absolute Gasteiger partial charge is 0.331 e. The summed E-state index contributed by atoms with van der Waals surface area (Å²) >= 11 is 7.51. The minimum Gasteiger partial charge on any atom is -0.493 e. The summed E-state index contributed by atoms with van der Waals surface area (Å²) in [7, 11) is 1.50. The van der Waals surface area contributed by atoms with E-state index in [2.05, 4.69) is 4.98 Å². The topological polar surface area (TPSA) is 98.5 Å². The van der Waals surface area contributed by atoms with Gasteiger partial charge in [0.25, 0.3) is 0 Å². The number of ketones is 1. The highest BCUT2D eigenvalue weighted by Crippen LogP contribution is 2.37. The van der Waals surface area contributed by atoms with Crippen molar-refractivity contribution in [2.45, 2.75) is 26.7 Å². The number of nitrogens with zero attached hydrogens (tertiary/aromatic N) is 2. The number of carbonyl (C=O) groups is 2. The second kappa shape index (κ2) is 11.5. The SMILES string of the molecule is COc1cc(C=CC(=O)OCC(=O)C(C#N)c2nc(C)cs2)cc(Cl)c1OCC(C)C. The Bertz CT molecular complexity index is 1010. The van der Waals surface area contributed by atoms with E-state index in [0.29, 0.717) is 39.6 Å². The van der Waals surface area contributed by atoms with E-state index < -0.39 is 24.3 Å². The van der Waals surface area contributed by atoms with Crippen LogP contribution in [0.2, 0.25) is 5.02 Å². The van der Waals surface area contributed by atoms with Crippen LogP contribution in [0.3, 0.4) is 0 Å². The molecule has 1 aromatic heterocycles. The van der Waals surface area contributed by atoms with E-state index in [-0.39, 0.29) is 0 Å².